The van der Waals surface area contributed by atoms with E-state index < -0.39 is 5.41 Å². The number of carbonyl (C=O) groups excluding carboxylic acids is 1. The quantitative estimate of drug-likeness (QED) is 0.773. The maximum absolute atomic E-state index is 13.0. The Morgan fingerprint density at radius 3 is 2.38 bits per heavy atom. The first-order valence-electron chi connectivity index (χ1n) is 8.15. The molecule has 1 aromatic rings. The van der Waals surface area contributed by atoms with Crippen molar-refractivity contribution in [2.75, 3.05) is 6.61 Å². The van der Waals surface area contributed by atoms with Crippen LogP contribution in [0.4, 0.5) is 0 Å². The zero-order valence-electron chi connectivity index (χ0n) is 13.1. The van der Waals surface area contributed by atoms with Gasteiger partial charge in [-0.3, -0.25) is 4.79 Å². The van der Waals surface area contributed by atoms with Gasteiger partial charge in [0.15, 0.2) is 0 Å². The Morgan fingerprint density at radius 1 is 1.29 bits per heavy atom. The molecule has 0 bridgehead atoms. The minimum Gasteiger partial charge on any atom is -0.396 e. The monoisotopic (exact) mass is 289 g/mol. The van der Waals surface area contributed by atoms with Crippen LogP contribution in [0, 0.1) is 5.92 Å². The Bertz CT molecular complexity index is 450. The molecule has 0 aliphatic heterocycles. The lowest BCUT2D eigenvalue weighted by molar-refractivity contribution is -0.128. The van der Waals surface area contributed by atoms with Gasteiger partial charge in [0.1, 0.15) is 0 Å². The molecule has 116 valence electrons. The fourth-order valence-corrected chi connectivity index (χ4v) is 3.24. The van der Waals surface area contributed by atoms with E-state index in [0.29, 0.717) is 12.3 Å². The van der Waals surface area contributed by atoms with Crippen molar-refractivity contribution >= 4 is 5.91 Å². The number of nitrogens with one attached hydrogen (secondary N) is 1. The van der Waals surface area contributed by atoms with Gasteiger partial charge in [-0.25, -0.2) is 0 Å². The van der Waals surface area contributed by atoms with Gasteiger partial charge in [0.05, 0.1) is 5.41 Å². The van der Waals surface area contributed by atoms with Crippen LogP contribution in [0.15, 0.2) is 30.3 Å². The fraction of sp³-hybridized carbons (Fsp3) is 0.611. The number of benzene rings is 1. The normalized spacial score (nSPS) is 16.5. The predicted molar refractivity (Wildman–Crippen MR) is 85.1 cm³/mol. The highest BCUT2D eigenvalue weighted by Crippen LogP contribution is 2.36. The molecule has 0 aromatic heterocycles. The van der Waals surface area contributed by atoms with Crippen LogP contribution in [-0.4, -0.2) is 23.7 Å². The molecule has 0 spiro atoms. The first-order valence-corrected chi connectivity index (χ1v) is 8.15. The molecule has 21 heavy (non-hydrogen) atoms. The van der Waals surface area contributed by atoms with E-state index in [1.165, 1.54) is 12.8 Å². The molecule has 2 rings (SSSR count). The lowest BCUT2D eigenvalue weighted by Gasteiger charge is -2.33. The summed E-state index contributed by atoms with van der Waals surface area (Å²) in [7, 11) is 0. The van der Waals surface area contributed by atoms with Gasteiger partial charge in [0, 0.05) is 12.6 Å². The maximum atomic E-state index is 13.0. The molecule has 0 unspecified atom stereocenters. The summed E-state index contributed by atoms with van der Waals surface area (Å²) in [5.41, 5.74) is 0.634. The highest BCUT2D eigenvalue weighted by atomic mass is 16.3. The van der Waals surface area contributed by atoms with E-state index in [2.05, 4.69) is 19.2 Å². The number of hydrogen-bond acceptors (Lipinski definition) is 2. The average Bonchev–Trinajstić information content (AvgIpc) is 3.34. The van der Waals surface area contributed by atoms with Crippen LogP contribution >= 0.6 is 0 Å². The molecule has 1 atom stereocenters. The molecular formula is C18H27NO2. The number of carbonyl (C=O) groups is 1. The third-order valence-electron chi connectivity index (χ3n) is 4.92. The van der Waals surface area contributed by atoms with Crippen LogP contribution in [0.5, 0.6) is 0 Å². The lowest BCUT2D eigenvalue weighted by atomic mass is 9.74. The van der Waals surface area contributed by atoms with Crippen molar-refractivity contribution in [1.82, 2.24) is 5.32 Å². The minimum absolute atomic E-state index is 0.115. The summed E-state index contributed by atoms with van der Waals surface area (Å²) < 4.78 is 0. The summed E-state index contributed by atoms with van der Waals surface area (Å²) in [5.74, 6) is 0.673. The zero-order valence-corrected chi connectivity index (χ0v) is 13.1. The molecule has 1 aliphatic carbocycles. The van der Waals surface area contributed by atoms with Crippen LogP contribution in [0.3, 0.4) is 0 Å². The zero-order chi connectivity index (χ0) is 15.3. The molecular weight excluding hydrogens is 262 g/mol. The largest absolute Gasteiger partial charge is 0.396 e. The molecule has 0 radical (unpaired) electrons. The molecule has 0 heterocycles. The van der Waals surface area contributed by atoms with Crippen molar-refractivity contribution in [2.45, 2.75) is 57.4 Å². The van der Waals surface area contributed by atoms with E-state index in [1.54, 1.807) is 0 Å². The second kappa shape index (κ2) is 7.08. The second-order valence-electron chi connectivity index (χ2n) is 6.08. The second-order valence-corrected chi connectivity index (χ2v) is 6.08. The first kappa shape index (κ1) is 16.0. The number of rotatable bonds is 8. The average molecular weight is 289 g/mol. The molecule has 1 fully saturated rings. The molecule has 1 amide bonds. The number of aliphatic hydroxyl groups excluding tert-OH is 1. The Hall–Kier alpha value is -1.35. The standard InChI is InChI=1S/C18H27NO2/c1-3-18(4-2,15-8-6-5-7-9-15)17(21)19-16(12-13-20)14-10-11-14/h5-9,14,16,20H,3-4,10-13H2,1-2H3,(H,19,21)/t16-/m0/s1. The molecule has 3 heteroatoms. The van der Waals surface area contributed by atoms with Gasteiger partial charge in [-0.2, -0.15) is 0 Å². The smallest absolute Gasteiger partial charge is 0.230 e. The van der Waals surface area contributed by atoms with Crippen molar-refractivity contribution in [2.24, 2.45) is 5.92 Å². The van der Waals surface area contributed by atoms with Crippen molar-refractivity contribution < 1.29 is 9.90 Å². The van der Waals surface area contributed by atoms with Gasteiger partial charge < -0.3 is 10.4 Å². The van der Waals surface area contributed by atoms with E-state index in [1.807, 2.05) is 30.3 Å². The molecule has 0 saturated heterocycles. The summed E-state index contributed by atoms with van der Waals surface area (Å²) in [5, 5.41) is 12.4. The number of amides is 1. The molecule has 1 aliphatic rings. The summed E-state index contributed by atoms with van der Waals surface area (Å²) in [6.45, 7) is 4.29. The van der Waals surface area contributed by atoms with Gasteiger partial charge in [-0.1, -0.05) is 44.2 Å². The summed E-state index contributed by atoms with van der Waals surface area (Å²) in [6, 6.07) is 10.2. The maximum Gasteiger partial charge on any atom is 0.230 e. The minimum atomic E-state index is -0.455. The molecule has 1 saturated carbocycles. The molecule has 2 N–H and O–H groups in total. The van der Waals surface area contributed by atoms with Crippen LogP contribution in [0.25, 0.3) is 0 Å². The van der Waals surface area contributed by atoms with E-state index in [9.17, 15) is 9.90 Å². The van der Waals surface area contributed by atoms with Crippen LogP contribution < -0.4 is 5.32 Å². The molecule has 3 nitrogen and oxygen atoms in total. The van der Waals surface area contributed by atoms with E-state index >= 15 is 0 Å². The Kier molecular flexibility index (Phi) is 5.40. The van der Waals surface area contributed by atoms with Crippen molar-refractivity contribution in [1.29, 1.82) is 0 Å². The topological polar surface area (TPSA) is 49.3 Å². The SMILES string of the molecule is CCC(CC)(C(=O)N[C@@H](CCO)C1CC1)c1ccccc1. The lowest BCUT2D eigenvalue weighted by Crippen LogP contribution is -2.48. The number of hydrogen-bond donors (Lipinski definition) is 2. The summed E-state index contributed by atoms with van der Waals surface area (Å²) in [6.07, 6.45) is 4.57. The van der Waals surface area contributed by atoms with Gasteiger partial charge >= 0.3 is 0 Å². The van der Waals surface area contributed by atoms with E-state index in [-0.39, 0.29) is 18.6 Å². The third-order valence-corrected chi connectivity index (χ3v) is 4.92. The Balaban J connectivity index is 2.19. The molecule has 1 aromatic carbocycles. The summed E-state index contributed by atoms with van der Waals surface area (Å²) in [4.78, 5) is 13.0. The van der Waals surface area contributed by atoms with Gasteiger partial charge in [0.25, 0.3) is 0 Å². The Labute approximate surface area is 127 Å². The third kappa shape index (κ3) is 3.46. The van der Waals surface area contributed by atoms with Crippen LogP contribution in [-0.2, 0) is 10.2 Å². The highest BCUT2D eigenvalue weighted by Gasteiger charge is 2.40. The van der Waals surface area contributed by atoms with Crippen molar-refractivity contribution in [3.05, 3.63) is 35.9 Å². The van der Waals surface area contributed by atoms with Gasteiger partial charge in [-0.05, 0) is 43.6 Å². The van der Waals surface area contributed by atoms with Crippen LogP contribution in [0.2, 0.25) is 0 Å². The van der Waals surface area contributed by atoms with Gasteiger partial charge in [-0.15, -0.1) is 0 Å². The van der Waals surface area contributed by atoms with Crippen molar-refractivity contribution in [3.63, 3.8) is 0 Å². The number of aliphatic hydroxyl groups is 1. The van der Waals surface area contributed by atoms with E-state index in [4.69, 9.17) is 0 Å². The van der Waals surface area contributed by atoms with Gasteiger partial charge in [0.2, 0.25) is 5.91 Å². The van der Waals surface area contributed by atoms with Crippen molar-refractivity contribution in [3.8, 4) is 0 Å². The summed E-state index contributed by atoms with van der Waals surface area (Å²) >= 11 is 0. The fourth-order valence-electron chi connectivity index (χ4n) is 3.24. The van der Waals surface area contributed by atoms with E-state index in [0.717, 1.165) is 18.4 Å². The first-order chi connectivity index (χ1) is 10.2. The Morgan fingerprint density at radius 2 is 1.90 bits per heavy atom. The van der Waals surface area contributed by atoms with Crippen LogP contribution in [0.1, 0.15) is 51.5 Å². The predicted octanol–water partition coefficient (Wildman–Crippen LogP) is 3.02. The highest BCUT2D eigenvalue weighted by molar-refractivity contribution is 5.88.